The van der Waals surface area contributed by atoms with Crippen LogP contribution in [0.2, 0.25) is 0 Å². The maximum absolute atomic E-state index is 10.6. The van der Waals surface area contributed by atoms with Gasteiger partial charge in [0.05, 0.1) is 40.4 Å². The van der Waals surface area contributed by atoms with E-state index >= 15 is 0 Å². The largest absolute Gasteiger partial charge is 0.396 e. The molecule has 1 aliphatic carbocycles. The molecule has 1 aliphatic rings. The van der Waals surface area contributed by atoms with E-state index in [-0.39, 0.29) is 6.61 Å². The molecule has 3 aromatic rings. The van der Waals surface area contributed by atoms with Crippen LogP contribution in [-0.2, 0) is 4.74 Å². The van der Waals surface area contributed by atoms with Crippen molar-refractivity contribution in [2.45, 2.75) is 45.4 Å². The molecule has 33 heavy (non-hydrogen) atoms. The average Bonchev–Trinajstić information content (AvgIpc) is 3.30. The van der Waals surface area contributed by atoms with Gasteiger partial charge in [0.1, 0.15) is 22.4 Å². The number of aliphatic hydroxyl groups excluding tert-OH is 3. The number of aromatic nitrogens is 4. The molecule has 0 aromatic carbocycles. The number of aliphatic hydroxyl groups is 3. The highest BCUT2D eigenvalue weighted by atomic mass is 32.1. The fourth-order valence-corrected chi connectivity index (χ4v) is 5.45. The normalized spacial score (nSPS) is 22.8. The minimum absolute atomic E-state index is 0.195. The van der Waals surface area contributed by atoms with Crippen LogP contribution >= 0.6 is 11.3 Å². The Kier molecular flexibility index (Phi) is 7.05. The summed E-state index contributed by atoms with van der Waals surface area (Å²) in [5.74, 6) is 0.540. The van der Waals surface area contributed by atoms with E-state index in [1.54, 1.807) is 7.11 Å². The number of nitrogens with one attached hydrogen (secondary N) is 2. The van der Waals surface area contributed by atoms with Crippen molar-refractivity contribution in [1.82, 2.24) is 19.9 Å². The SMILES string of the molecule is COCCNc1nc(C)c(-c2nc3c(C)nc(C)cc3s2)c(N[C@@H]2C[C@H](CO)[C@@H](O)[C@H]2O)n1. The topological polar surface area (TPSA) is 146 Å². The molecule has 0 aliphatic heterocycles. The molecule has 0 saturated heterocycles. The van der Waals surface area contributed by atoms with E-state index in [9.17, 15) is 15.3 Å². The minimum atomic E-state index is -1.03. The highest BCUT2D eigenvalue weighted by Gasteiger charge is 2.41. The van der Waals surface area contributed by atoms with Crippen LogP contribution in [0.1, 0.15) is 23.5 Å². The number of ether oxygens (including phenoxy) is 1. The van der Waals surface area contributed by atoms with Gasteiger partial charge in [0.25, 0.3) is 0 Å². The second kappa shape index (κ2) is 9.82. The van der Waals surface area contributed by atoms with Crippen LogP contribution in [0, 0.1) is 26.7 Å². The smallest absolute Gasteiger partial charge is 0.224 e. The number of hydrogen-bond donors (Lipinski definition) is 5. The van der Waals surface area contributed by atoms with Gasteiger partial charge in [-0.15, -0.1) is 11.3 Å². The minimum Gasteiger partial charge on any atom is -0.396 e. The van der Waals surface area contributed by atoms with Crippen LogP contribution in [0.15, 0.2) is 6.07 Å². The second-order valence-corrected chi connectivity index (χ2v) is 9.43. The number of anilines is 2. The maximum Gasteiger partial charge on any atom is 0.224 e. The second-order valence-electron chi connectivity index (χ2n) is 8.40. The molecule has 10 nitrogen and oxygen atoms in total. The summed E-state index contributed by atoms with van der Waals surface area (Å²) >= 11 is 1.54. The summed E-state index contributed by atoms with van der Waals surface area (Å²) in [7, 11) is 1.62. The molecular weight excluding hydrogens is 444 g/mol. The van der Waals surface area contributed by atoms with E-state index in [1.807, 2.05) is 26.8 Å². The van der Waals surface area contributed by atoms with E-state index in [4.69, 9.17) is 9.72 Å². The molecule has 1 fully saturated rings. The van der Waals surface area contributed by atoms with Crippen LogP contribution in [0.3, 0.4) is 0 Å². The molecule has 178 valence electrons. The molecule has 11 heteroatoms. The molecule has 3 aromatic heterocycles. The molecule has 0 spiro atoms. The summed E-state index contributed by atoms with van der Waals surface area (Å²) in [6.45, 7) is 6.63. The van der Waals surface area contributed by atoms with Crippen molar-refractivity contribution in [2.24, 2.45) is 5.92 Å². The lowest BCUT2D eigenvalue weighted by Crippen LogP contribution is -2.35. The Morgan fingerprint density at radius 3 is 2.58 bits per heavy atom. The van der Waals surface area contributed by atoms with Crippen LogP contribution < -0.4 is 10.6 Å². The first-order valence-electron chi connectivity index (χ1n) is 10.9. The molecule has 0 unspecified atom stereocenters. The quantitative estimate of drug-likeness (QED) is 0.305. The molecule has 4 rings (SSSR count). The number of pyridine rings is 1. The van der Waals surface area contributed by atoms with Crippen LogP contribution in [0.5, 0.6) is 0 Å². The number of rotatable bonds is 8. The molecule has 1 saturated carbocycles. The van der Waals surface area contributed by atoms with E-state index in [1.165, 1.54) is 11.3 Å². The van der Waals surface area contributed by atoms with Gasteiger partial charge in [-0.05, 0) is 33.3 Å². The number of thiazole rings is 1. The molecule has 0 bridgehead atoms. The average molecular weight is 475 g/mol. The molecule has 0 amide bonds. The van der Waals surface area contributed by atoms with Gasteiger partial charge in [0.2, 0.25) is 5.95 Å². The third-order valence-corrected chi connectivity index (χ3v) is 6.95. The Morgan fingerprint density at radius 2 is 1.88 bits per heavy atom. The Hall–Kier alpha value is -2.44. The first-order valence-corrected chi connectivity index (χ1v) is 11.7. The lowest BCUT2D eigenvalue weighted by molar-refractivity contribution is 0.00446. The molecule has 0 radical (unpaired) electrons. The molecular formula is C22H30N6O4S. The predicted molar refractivity (Wildman–Crippen MR) is 128 cm³/mol. The Bertz CT molecular complexity index is 1140. The summed E-state index contributed by atoms with van der Waals surface area (Å²) in [5, 5.41) is 37.6. The molecule has 4 atom stereocenters. The predicted octanol–water partition coefficient (Wildman–Crippen LogP) is 1.65. The fourth-order valence-electron chi connectivity index (χ4n) is 4.24. The van der Waals surface area contributed by atoms with Crippen molar-refractivity contribution >= 4 is 33.3 Å². The monoisotopic (exact) mass is 474 g/mol. The van der Waals surface area contributed by atoms with E-state index in [0.29, 0.717) is 31.3 Å². The van der Waals surface area contributed by atoms with E-state index in [0.717, 1.165) is 37.9 Å². The highest BCUT2D eigenvalue weighted by molar-refractivity contribution is 7.21. The van der Waals surface area contributed by atoms with E-state index in [2.05, 4.69) is 25.6 Å². The zero-order valence-electron chi connectivity index (χ0n) is 19.2. The maximum atomic E-state index is 10.6. The zero-order valence-corrected chi connectivity index (χ0v) is 20.0. The zero-order chi connectivity index (χ0) is 23.7. The molecule has 3 heterocycles. The summed E-state index contributed by atoms with van der Waals surface area (Å²) in [6.07, 6.45) is -1.62. The van der Waals surface area contributed by atoms with Gasteiger partial charge in [-0.25, -0.2) is 9.97 Å². The number of aryl methyl sites for hydroxylation is 3. The first kappa shape index (κ1) is 23.7. The third-order valence-electron chi connectivity index (χ3n) is 5.93. The summed E-state index contributed by atoms with van der Waals surface area (Å²) in [4.78, 5) is 18.6. The fraction of sp³-hybridized carbons (Fsp3) is 0.545. The highest BCUT2D eigenvalue weighted by Crippen LogP contribution is 2.38. The number of hydrogen-bond acceptors (Lipinski definition) is 11. The van der Waals surface area contributed by atoms with Crippen molar-refractivity contribution in [3.8, 4) is 10.6 Å². The van der Waals surface area contributed by atoms with Crippen LogP contribution in [0.25, 0.3) is 20.8 Å². The van der Waals surface area contributed by atoms with Crippen molar-refractivity contribution in [1.29, 1.82) is 0 Å². The summed E-state index contributed by atoms with van der Waals surface area (Å²) < 4.78 is 6.12. The molecule has 5 N–H and O–H groups in total. The Labute approximate surface area is 196 Å². The summed E-state index contributed by atoms with van der Waals surface area (Å²) in [5.41, 5.74) is 4.08. The van der Waals surface area contributed by atoms with Gasteiger partial charge in [0.15, 0.2) is 0 Å². The van der Waals surface area contributed by atoms with Crippen molar-refractivity contribution in [2.75, 3.05) is 37.5 Å². The van der Waals surface area contributed by atoms with Gasteiger partial charge in [-0.1, -0.05) is 0 Å². The first-order chi connectivity index (χ1) is 15.8. The standard InChI is InChI=1S/C22H30N6O4S/c1-10-7-15-17(12(3)24-10)27-21(33-15)16-11(2)25-22(23-5-6-32-4)28-20(16)26-14-8-13(9-29)18(30)19(14)31/h7,13-14,18-19,29-31H,5-6,8-9H2,1-4H3,(H2,23,25,26,28)/t13-,14-,18-,19+/m1/s1. The number of fused-ring (bicyclic) bond motifs is 1. The summed E-state index contributed by atoms with van der Waals surface area (Å²) in [6, 6.07) is 1.54. The van der Waals surface area contributed by atoms with Gasteiger partial charge in [-0.3, -0.25) is 4.98 Å². The van der Waals surface area contributed by atoms with Crippen LogP contribution in [0.4, 0.5) is 11.8 Å². The lowest BCUT2D eigenvalue weighted by Gasteiger charge is -2.21. The Balaban J connectivity index is 1.76. The lowest BCUT2D eigenvalue weighted by atomic mass is 10.1. The van der Waals surface area contributed by atoms with Crippen molar-refractivity contribution < 1.29 is 20.1 Å². The Morgan fingerprint density at radius 1 is 1.09 bits per heavy atom. The van der Waals surface area contributed by atoms with Gasteiger partial charge in [0, 0.05) is 31.9 Å². The van der Waals surface area contributed by atoms with Crippen molar-refractivity contribution in [3.63, 3.8) is 0 Å². The third kappa shape index (κ3) is 4.78. The van der Waals surface area contributed by atoms with E-state index < -0.39 is 24.2 Å². The van der Waals surface area contributed by atoms with Crippen LogP contribution in [-0.4, -0.2) is 80.4 Å². The van der Waals surface area contributed by atoms with Gasteiger partial charge in [-0.2, -0.15) is 4.98 Å². The van der Waals surface area contributed by atoms with Gasteiger partial charge >= 0.3 is 0 Å². The van der Waals surface area contributed by atoms with Crippen molar-refractivity contribution in [3.05, 3.63) is 23.1 Å². The number of methoxy groups -OCH3 is 1. The number of nitrogens with zero attached hydrogens (tertiary/aromatic N) is 4. The van der Waals surface area contributed by atoms with Gasteiger partial charge < -0.3 is 30.7 Å².